The van der Waals surface area contributed by atoms with Gasteiger partial charge in [-0.2, -0.15) is 0 Å². The highest BCUT2D eigenvalue weighted by Crippen LogP contribution is 2.41. The highest BCUT2D eigenvalue weighted by Gasteiger charge is 2.42. The molecule has 0 spiro atoms. The first-order valence-corrected chi connectivity index (χ1v) is 9.11. The minimum Gasteiger partial charge on any atom is -0.399 e. The van der Waals surface area contributed by atoms with E-state index in [9.17, 15) is 0 Å². The van der Waals surface area contributed by atoms with E-state index in [4.69, 9.17) is 5.73 Å². The Morgan fingerprint density at radius 3 is 2.76 bits per heavy atom. The molecule has 3 aliphatic rings. The molecule has 0 aliphatic carbocycles. The number of benzene rings is 1. The van der Waals surface area contributed by atoms with Crippen LogP contribution in [-0.2, 0) is 0 Å². The molecule has 0 saturated carbocycles. The van der Waals surface area contributed by atoms with E-state index in [1.165, 1.54) is 24.2 Å². The lowest BCUT2D eigenvalue weighted by molar-refractivity contribution is 0.0492. The highest BCUT2D eigenvalue weighted by molar-refractivity contribution is 5.43. The molecule has 134 valence electrons. The van der Waals surface area contributed by atoms with Crippen molar-refractivity contribution < 1.29 is 0 Å². The van der Waals surface area contributed by atoms with Crippen molar-refractivity contribution in [3.63, 3.8) is 0 Å². The van der Waals surface area contributed by atoms with Crippen molar-refractivity contribution in [3.8, 4) is 0 Å². The van der Waals surface area contributed by atoms with Gasteiger partial charge in [-0.1, -0.05) is 18.7 Å². The van der Waals surface area contributed by atoms with Crippen LogP contribution in [-0.4, -0.2) is 52.4 Å². The summed E-state index contributed by atoms with van der Waals surface area (Å²) in [6.45, 7) is 9.76. The normalized spacial score (nSPS) is 26.8. The molecule has 6 heteroatoms. The minimum absolute atomic E-state index is 0.0971. The van der Waals surface area contributed by atoms with Crippen LogP contribution in [0.3, 0.4) is 0 Å². The van der Waals surface area contributed by atoms with E-state index in [0.717, 1.165) is 31.1 Å². The first kappa shape index (κ1) is 16.3. The first-order chi connectivity index (χ1) is 12.1. The van der Waals surface area contributed by atoms with Gasteiger partial charge in [0.2, 0.25) is 0 Å². The quantitative estimate of drug-likeness (QED) is 0.822. The first-order valence-electron chi connectivity index (χ1n) is 9.11. The minimum atomic E-state index is 0.0971. The molecule has 3 aliphatic heterocycles. The summed E-state index contributed by atoms with van der Waals surface area (Å²) in [5.41, 5.74) is 11.5. The molecule has 0 amide bonds. The maximum absolute atomic E-state index is 6.01. The lowest BCUT2D eigenvalue weighted by Gasteiger charge is -2.42. The molecule has 2 atom stereocenters. The number of anilines is 1. The molecule has 6 nitrogen and oxygen atoms in total. The average Bonchev–Trinajstić information content (AvgIpc) is 3.11. The Hall–Kier alpha value is -2.18. The molecule has 0 aromatic heterocycles. The van der Waals surface area contributed by atoms with E-state index in [-0.39, 0.29) is 6.17 Å². The van der Waals surface area contributed by atoms with Crippen molar-refractivity contribution in [2.24, 2.45) is 0 Å². The topological polar surface area (TPSA) is 50.8 Å². The standard InChI is InChI=1S/C19H28N6/c1-14-12-21-22(3)19(16-7-6-8-17(20)11-16)24-13-18(24)25(14)15(2)23-9-4-5-10-23/h6-8,11,13-14,19,21H,2,4-5,9-10,12,20H2,1,3H3. The van der Waals surface area contributed by atoms with Crippen LogP contribution in [0.4, 0.5) is 5.69 Å². The summed E-state index contributed by atoms with van der Waals surface area (Å²) >= 11 is 0. The lowest BCUT2D eigenvalue weighted by Crippen LogP contribution is -2.52. The number of nitrogens with two attached hydrogens (primary N) is 1. The number of hydrogen-bond acceptors (Lipinski definition) is 6. The smallest absolute Gasteiger partial charge is 0.133 e. The van der Waals surface area contributed by atoms with E-state index < -0.39 is 0 Å². The molecule has 25 heavy (non-hydrogen) atoms. The summed E-state index contributed by atoms with van der Waals surface area (Å²) in [6.07, 6.45) is 4.84. The number of likely N-dealkylation sites (tertiary alicyclic amines) is 1. The summed E-state index contributed by atoms with van der Waals surface area (Å²) in [7, 11) is 2.09. The average molecular weight is 340 g/mol. The van der Waals surface area contributed by atoms with Crippen molar-refractivity contribution in [2.75, 3.05) is 32.4 Å². The second-order valence-electron chi connectivity index (χ2n) is 7.24. The van der Waals surface area contributed by atoms with Crippen LogP contribution in [0, 0.1) is 0 Å². The maximum atomic E-state index is 6.01. The number of rotatable bonds is 3. The molecule has 2 unspecified atom stereocenters. The number of hydrogen-bond donors (Lipinski definition) is 2. The number of hydrazine groups is 1. The van der Waals surface area contributed by atoms with Crippen molar-refractivity contribution in [3.05, 3.63) is 54.2 Å². The lowest BCUT2D eigenvalue weighted by atomic mass is 10.1. The SMILES string of the molecule is C=C(N1CCCC1)N1C2=CN2C(c2cccc(N)c2)N(C)NCC1C. The van der Waals surface area contributed by atoms with Crippen LogP contribution in [0.15, 0.2) is 48.7 Å². The largest absolute Gasteiger partial charge is 0.399 e. The van der Waals surface area contributed by atoms with Crippen LogP contribution in [0.2, 0.25) is 0 Å². The predicted molar refractivity (Wildman–Crippen MR) is 101 cm³/mol. The summed E-state index contributed by atoms with van der Waals surface area (Å²) in [5.74, 6) is 2.36. The second kappa shape index (κ2) is 6.28. The zero-order chi connectivity index (χ0) is 17.6. The fourth-order valence-electron chi connectivity index (χ4n) is 3.96. The monoisotopic (exact) mass is 340 g/mol. The molecule has 1 aromatic carbocycles. The zero-order valence-corrected chi connectivity index (χ0v) is 15.2. The zero-order valence-electron chi connectivity index (χ0n) is 15.2. The van der Waals surface area contributed by atoms with E-state index in [1.807, 2.05) is 12.1 Å². The Balaban J connectivity index is 1.59. The van der Waals surface area contributed by atoms with Gasteiger partial charge in [-0.3, -0.25) is 5.43 Å². The summed E-state index contributed by atoms with van der Waals surface area (Å²) in [5, 5.41) is 2.17. The number of nitrogens with one attached hydrogen (secondary N) is 1. The molecule has 0 radical (unpaired) electrons. The third-order valence-corrected chi connectivity index (χ3v) is 5.36. The third-order valence-electron chi connectivity index (χ3n) is 5.36. The van der Waals surface area contributed by atoms with E-state index in [2.05, 4.69) is 64.0 Å². The fourth-order valence-corrected chi connectivity index (χ4v) is 3.96. The molecular weight excluding hydrogens is 312 g/mol. The molecule has 2 fully saturated rings. The molecule has 3 heterocycles. The number of nitrogen functional groups attached to an aromatic ring is 1. The summed E-state index contributed by atoms with van der Waals surface area (Å²) in [6, 6.07) is 8.48. The van der Waals surface area contributed by atoms with Gasteiger partial charge < -0.3 is 20.4 Å². The van der Waals surface area contributed by atoms with Gasteiger partial charge in [0.05, 0.1) is 0 Å². The van der Waals surface area contributed by atoms with Crippen LogP contribution in [0.5, 0.6) is 0 Å². The van der Waals surface area contributed by atoms with Gasteiger partial charge in [0, 0.05) is 44.6 Å². The fraction of sp³-hybridized carbons (Fsp3) is 0.474. The molecule has 0 bridgehead atoms. The van der Waals surface area contributed by atoms with Crippen LogP contribution in [0.25, 0.3) is 0 Å². The van der Waals surface area contributed by atoms with Crippen molar-refractivity contribution >= 4 is 5.69 Å². The van der Waals surface area contributed by atoms with Crippen molar-refractivity contribution in [1.29, 1.82) is 0 Å². The number of nitrogens with zero attached hydrogens (tertiary/aromatic N) is 4. The van der Waals surface area contributed by atoms with Gasteiger partial charge >= 0.3 is 0 Å². The van der Waals surface area contributed by atoms with E-state index >= 15 is 0 Å². The Morgan fingerprint density at radius 2 is 2.04 bits per heavy atom. The van der Waals surface area contributed by atoms with Gasteiger partial charge in [-0.25, -0.2) is 5.01 Å². The van der Waals surface area contributed by atoms with Gasteiger partial charge in [0.25, 0.3) is 0 Å². The molecular formula is C19H28N6. The Morgan fingerprint density at radius 1 is 1.28 bits per heavy atom. The maximum Gasteiger partial charge on any atom is 0.133 e. The van der Waals surface area contributed by atoms with E-state index in [1.54, 1.807) is 0 Å². The van der Waals surface area contributed by atoms with Gasteiger partial charge in [-0.05, 0) is 37.5 Å². The second-order valence-corrected chi connectivity index (χ2v) is 7.24. The Bertz CT molecular complexity index is 693. The van der Waals surface area contributed by atoms with Crippen molar-refractivity contribution in [1.82, 2.24) is 25.1 Å². The molecule has 1 aromatic rings. The van der Waals surface area contributed by atoms with Gasteiger partial charge in [-0.15, -0.1) is 0 Å². The van der Waals surface area contributed by atoms with Gasteiger partial charge in [0.1, 0.15) is 17.8 Å². The molecule has 3 N–H and O–H groups in total. The number of fused-ring (bicyclic) bond motifs is 1. The highest BCUT2D eigenvalue weighted by atomic mass is 15.6. The summed E-state index contributed by atoms with van der Waals surface area (Å²) < 4.78 is 0. The predicted octanol–water partition coefficient (Wildman–Crippen LogP) is 2.09. The Kier molecular flexibility index (Phi) is 4.09. The third kappa shape index (κ3) is 2.96. The van der Waals surface area contributed by atoms with Gasteiger partial charge in [0.15, 0.2) is 0 Å². The summed E-state index contributed by atoms with van der Waals surface area (Å²) in [4.78, 5) is 7.10. The Labute approximate surface area is 150 Å². The van der Waals surface area contributed by atoms with Crippen LogP contribution >= 0.6 is 0 Å². The van der Waals surface area contributed by atoms with Crippen LogP contribution < -0.4 is 11.2 Å². The van der Waals surface area contributed by atoms with Crippen molar-refractivity contribution in [2.45, 2.75) is 32.0 Å². The molecule has 2 saturated heterocycles. The van der Waals surface area contributed by atoms with E-state index in [0.29, 0.717) is 6.04 Å². The molecule has 4 rings (SSSR count). The van der Waals surface area contributed by atoms with Crippen LogP contribution in [0.1, 0.15) is 31.5 Å².